The van der Waals surface area contributed by atoms with Crippen LogP contribution in [-0.2, 0) is 11.2 Å². The molecular weight excluding hydrogens is 394 g/mol. The van der Waals surface area contributed by atoms with E-state index >= 15 is 0 Å². The first kappa shape index (κ1) is 20.7. The molecule has 1 aliphatic heterocycles. The first-order chi connectivity index (χ1) is 14.4. The van der Waals surface area contributed by atoms with Gasteiger partial charge in [-0.3, -0.25) is 14.2 Å². The number of hydrogen-bond donors (Lipinski definition) is 0. The third-order valence-electron chi connectivity index (χ3n) is 5.88. The minimum atomic E-state index is -0.359. The number of rotatable bonds is 5. The molecule has 3 atom stereocenters. The highest BCUT2D eigenvalue weighted by Gasteiger charge is 2.34. The van der Waals surface area contributed by atoms with Gasteiger partial charge in [0, 0.05) is 17.8 Å². The highest BCUT2D eigenvalue weighted by Crippen LogP contribution is 2.35. The van der Waals surface area contributed by atoms with Gasteiger partial charge >= 0.3 is 0 Å². The van der Waals surface area contributed by atoms with Gasteiger partial charge in [-0.05, 0) is 57.4 Å². The largest absolute Gasteiger partial charge is 0.308 e. The summed E-state index contributed by atoms with van der Waals surface area (Å²) < 4.78 is 1.75. The van der Waals surface area contributed by atoms with Crippen molar-refractivity contribution in [2.45, 2.75) is 63.0 Å². The molecule has 1 aliphatic rings. The topological polar surface area (TPSA) is 55.2 Å². The zero-order valence-corrected chi connectivity index (χ0v) is 18.6. The molecule has 4 rings (SSSR count). The molecule has 0 saturated heterocycles. The van der Waals surface area contributed by atoms with Crippen LogP contribution in [0.3, 0.4) is 0 Å². The lowest BCUT2D eigenvalue weighted by molar-refractivity contribution is -0.118. The molecular formula is C24H27N3O2S. The minimum absolute atomic E-state index is 0.00541. The van der Waals surface area contributed by atoms with E-state index in [9.17, 15) is 9.59 Å². The van der Waals surface area contributed by atoms with E-state index in [4.69, 9.17) is 4.98 Å². The van der Waals surface area contributed by atoms with E-state index in [1.54, 1.807) is 4.57 Å². The summed E-state index contributed by atoms with van der Waals surface area (Å²) in [6, 6.07) is 15.6. The van der Waals surface area contributed by atoms with Gasteiger partial charge in [0.25, 0.3) is 5.56 Å². The first-order valence-electron chi connectivity index (χ1n) is 10.5. The highest BCUT2D eigenvalue weighted by molar-refractivity contribution is 8.00. The lowest BCUT2D eigenvalue weighted by atomic mass is 10.1. The summed E-state index contributed by atoms with van der Waals surface area (Å²) in [4.78, 5) is 33.3. The fourth-order valence-corrected chi connectivity index (χ4v) is 5.14. The zero-order valence-electron chi connectivity index (χ0n) is 17.8. The van der Waals surface area contributed by atoms with Crippen LogP contribution in [0.25, 0.3) is 10.9 Å². The number of amides is 1. The molecule has 0 radical (unpaired) electrons. The lowest BCUT2D eigenvalue weighted by Gasteiger charge is -2.26. The minimum Gasteiger partial charge on any atom is -0.308 e. The molecule has 30 heavy (non-hydrogen) atoms. The van der Waals surface area contributed by atoms with Gasteiger partial charge in [0.15, 0.2) is 5.16 Å². The maximum absolute atomic E-state index is 13.4. The van der Waals surface area contributed by atoms with E-state index in [1.807, 2.05) is 61.2 Å². The van der Waals surface area contributed by atoms with Gasteiger partial charge in [-0.15, -0.1) is 0 Å². The molecule has 1 aromatic heterocycles. The fourth-order valence-electron chi connectivity index (χ4n) is 4.09. The molecule has 3 aromatic rings. The van der Waals surface area contributed by atoms with Crippen LogP contribution in [0.1, 0.15) is 45.7 Å². The van der Waals surface area contributed by atoms with Crippen molar-refractivity contribution < 1.29 is 4.79 Å². The molecule has 0 bridgehead atoms. The van der Waals surface area contributed by atoms with Gasteiger partial charge in [-0.25, -0.2) is 4.98 Å². The van der Waals surface area contributed by atoms with Crippen molar-refractivity contribution in [2.75, 3.05) is 4.90 Å². The van der Waals surface area contributed by atoms with Crippen LogP contribution in [0.2, 0.25) is 0 Å². The van der Waals surface area contributed by atoms with Crippen LogP contribution in [0, 0.1) is 0 Å². The molecule has 2 aromatic carbocycles. The summed E-state index contributed by atoms with van der Waals surface area (Å²) in [6.45, 7) is 8.06. The summed E-state index contributed by atoms with van der Waals surface area (Å²) in [5, 5.41) is 0.860. The van der Waals surface area contributed by atoms with Crippen molar-refractivity contribution >= 4 is 34.3 Å². The third-order valence-corrected chi connectivity index (χ3v) is 6.94. The smallest absolute Gasteiger partial charge is 0.262 e. The average molecular weight is 422 g/mol. The molecule has 0 fully saturated rings. The highest BCUT2D eigenvalue weighted by atomic mass is 32.2. The Bertz CT molecular complexity index is 1160. The second kappa shape index (κ2) is 8.26. The quantitative estimate of drug-likeness (QED) is 0.438. The number of benzene rings is 2. The summed E-state index contributed by atoms with van der Waals surface area (Å²) in [7, 11) is 0. The van der Waals surface area contributed by atoms with E-state index in [2.05, 4.69) is 19.9 Å². The van der Waals surface area contributed by atoms with Gasteiger partial charge in [0.1, 0.15) is 0 Å². The Balaban J connectivity index is 1.70. The monoisotopic (exact) mass is 421 g/mol. The van der Waals surface area contributed by atoms with Gasteiger partial charge < -0.3 is 4.90 Å². The molecule has 1 amide bonds. The summed E-state index contributed by atoms with van der Waals surface area (Å²) >= 11 is 1.38. The Morgan fingerprint density at radius 3 is 2.63 bits per heavy atom. The number of fused-ring (bicyclic) bond motifs is 2. The van der Waals surface area contributed by atoms with E-state index in [-0.39, 0.29) is 28.8 Å². The molecule has 0 spiro atoms. The van der Waals surface area contributed by atoms with Crippen LogP contribution >= 0.6 is 11.8 Å². The number of aromatic nitrogens is 2. The van der Waals surface area contributed by atoms with Crippen LogP contribution < -0.4 is 10.5 Å². The first-order valence-corrected chi connectivity index (χ1v) is 11.4. The van der Waals surface area contributed by atoms with E-state index in [1.165, 1.54) is 17.3 Å². The van der Waals surface area contributed by atoms with Gasteiger partial charge in [-0.1, -0.05) is 49.0 Å². The van der Waals surface area contributed by atoms with Crippen molar-refractivity contribution in [1.29, 1.82) is 0 Å². The number of carbonyl (C=O) groups is 1. The van der Waals surface area contributed by atoms with Gasteiger partial charge in [-0.2, -0.15) is 0 Å². The average Bonchev–Trinajstić information content (AvgIpc) is 3.08. The second-order valence-electron chi connectivity index (χ2n) is 7.99. The molecule has 2 heterocycles. The molecule has 156 valence electrons. The number of anilines is 1. The standard InChI is InChI=1S/C24H27N3O2S/c1-5-15(2)27-23(29)19-11-7-8-12-20(19)25-24(27)30-17(4)22(28)26-16(3)14-18-10-6-9-13-21(18)26/h6-13,15-17H,5,14H2,1-4H3/t15-,16-,17+/m0/s1. The van der Waals surface area contributed by atoms with E-state index in [0.29, 0.717) is 16.1 Å². The Labute approximate surface area is 181 Å². The molecule has 0 saturated carbocycles. The molecule has 6 heteroatoms. The number of nitrogens with zero attached hydrogens (tertiary/aromatic N) is 3. The van der Waals surface area contributed by atoms with Crippen molar-refractivity contribution in [2.24, 2.45) is 0 Å². The SMILES string of the molecule is CC[C@H](C)n1c(S[C@H](C)C(=O)N2c3ccccc3C[C@@H]2C)nc2ccccc2c1=O. The third kappa shape index (κ3) is 3.54. The number of carbonyl (C=O) groups excluding carboxylic acids is 1. The van der Waals surface area contributed by atoms with Crippen molar-refractivity contribution in [3.63, 3.8) is 0 Å². The zero-order chi connectivity index (χ0) is 21.4. The van der Waals surface area contributed by atoms with Crippen LogP contribution in [0.5, 0.6) is 0 Å². The van der Waals surface area contributed by atoms with Crippen molar-refractivity contribution in [1.82, 2.24) is 9.55 Å². The van der Waals surface area contributed by atoms with Crippen LogP contribution in [0.15, 0.2) is 58.5 Å². The van der Waals surface area contributed by atoms with Gasteiger partial charge in [0.05, 0.1) is 16.2 Å². The maximum Gasteiger partial charge on any atom is 0.262 e. The van der Waals surface area contributed by atoms with Crippen LogP contribution in [-0.4, -0.2) is 26.8 Å². The van der Waals surface area contributed by atoms with E-state index in [0.717, 1.165) is 18.5 Å². The normalized spacial score (nSPS) is 17.7. The molecule has 0 N–H and O–H groups in total. The predicted octanol–water partition coefficient (Wildman–Crippen LogP) is 4.83. The fraction of sp³-hybridized carbons (Fsp3) is 0.375. The van der Waals surface area contributed by atoms with Gasteiger partial charge in [0.2, 0.25) is 5.91 Å². The molecule has 0 unspecified atom stereocenters. The Morgan fingerprint density at radius 1 is 1.17 bits per heavy atom. The summed E-state index contributed by atoms with van der Waals surface area (Å²) in [5.74, 6) is 0.0514. The van der Waals surface area contributed by atoms with E-state index < -0.39 is 0 Å². The number of para-hydroxylation sites is 2. The Hall–Kier alpha value is -2.60. The summed E-state index contributed by atoms with van der Waals surface area (Å²) in [6.07, 6.45) is 1.68. The Kier molecular flexibility index (Phi) is 5.69. The number of hydrogen-bond acceptors (Lipinski definition) is 4. The molecule has 0 aliphatic carbocycles. The molecule has 5 nitrogen and oxygen atoms in total. The van der Waals surface area contributed by atoms with Crippen molar-refractivity contribution in [3.8, 4) is 0 Å². The predicted molar refractivity (Wildman–Crippen MR) is 123 cm³/mol. The Morgan fingerprint density at radius 2 is 1.87 bits per heavy atom. The second-order valence-corrected chi connectivity index (χ2v) is 9.30. The van der Waals surface area contributed by atoms with Crippen LogP contribution in [0.4, 0.5) is 5.69 Å². The number of thioether (sulfide) groups is 1. The summed E-state index contributed by atoms with van der Waals surface area (Å²) in [5.41, 5.74) is 2.82. The maximum atomic E-state index is 13.4. The van der Waals surface area contributed by atoms with Crippen molar-refractivity contribution in [3.05, 3.63) is 64.4 Å². The lowest BCUT2D eigenvalue weighted by Crippen LogP contribution is -2.40.